The van der Waals surface area contributed by atoms with Crippen LogP contribution in [0.2, 0.25) is 5.02 Å². The number of carbonyl (C=O) groups is 2. The van der Waals surface area contributed by atoms with Crippen LogP contribution < -0.4 is 10.1 Å². The monoisotopic (exact) mass is 383 g/mol. The van der Waals surface area contributed by atoms with Crippen molar-refractivity contribution < 1.29 is 27.8 Å². The highest BCUT2D eigenvalue weighted by atomic mass is 35.5. The lowest BCUT2D eigenvalue weighted by Crippen LogP contribution is -2.30. The largest absolute Gasteiger partial charge is 0.449 e. The van der Waals surface area contributed by atoms with Crippen LogP contribution in [0.1, 0.15) is 22.8 Å². The normalized spacial score (nSPS) is 11.8. The molecule has 0 aliphatic heterocycles. The van der Waals surface area contributed by atoms with E-state index in [1.165, 1.54) is 25.1 Å². The minimum atomic E-state index is -3.01. The molecular weight excluding hydrogens is 368 g/mol. The molecule has 0 fully saturated rings. The maximum absolute atomic E-state index is 12.2. The summed E-state index contributed by atoms with van der Waals surface area (Å²) in [5, 5.41) is 2.40. The smallest absolute Gasteiger partial charge is 0.387 e. The number of nitrogens with one attached hydrogen (secondary N) is 1. The molecule has 5 nitrogen and oxygen atoms in total. The van der Waals surface area contributed by atoms with E-state index in [1.54, 1.807) is 18.2 Å². The number of amides is 1. The van der Waals surface area contributed by atoms with Gasteiger partial charge < -0.3 is 14.8 Å². The second-order valence-corrected chi connectivity index (χ2v) is 5.84. The first-order valence-electron chi connectivity index (χ1n) is 7.59. The zero-order valence-corrected chi connectivity index (χ0v) is 14.7. The van der Waals surface area contributed by atoms with Crippen LogP contribution in [-0.2, 0) is 9.53 Å². The van der Waals surface area contributed by atoms with Crippen molar-refractivity contribution in [2.45, 2.75) is 26.6 Å². The molecule has 2 rings (SSSR count). The van der Waals surface area contributed by atoms with Crippen LogP contribution in [0, 0.1) is 6.92 Å². The van der Waals surface area contributed by atoms with Gasteiger partial charge in [-0.05, 0) is 44.2 Å². The van der Waals surface area contributed by atoms with E-state index >= 15 is 0 Å². The summed E-state index contributed by atoms with van der Waals surface area (Å²) in [7, 11) is 0. The minimum absolute atomic E-state index is 0.0903. The van der Waals surface area contributed by atoms with E-state index in [9.17, 15) is 18.4 Å². The topological polar surface area (TPSA) is 64.6 Å². The fourth-order valence-corrected chi connectivity index (χ4v) is 2.29. The lowest BCUT2D eigenvalue weighted by atomic mass is 10.1. The first kappa shape index (κ1) is 19.7. The molecule has 0 spiro atoms. The van der Waals surface area contributed by atoms with E-state index in [2.05, 4.69) is 10.1 Å². The molecule has 8 heteroatoms. The quantitative estimate of drug-likeness (QED) is 0.749. The molecule has 0 aromatic heterocycles. The predicted molar refractivity (Wildman–Crippen MR) is 92.8 cm³/mol. The summed E-state index contributed by atoms with van der Waals surface area (Å²) in [6, 6.07) is 10.6. The number of hydrogen-bond acceptors (Lipinski definition) is 4. The summed E-state index contributed by atoms with van der Waals surface area (Å²) in [6.45, 7) is 0.241. The zero-order chi connectivity index (χ0) is 19.3. The van der Waals surface area contributed by atoms with Crippen molar-refractivity contribution in [2.24, 2.45) is 0 Å². The number of hydrogen-bond donors (Lipinski definition) is 1. The molecule has 1 unspecified atom stereocenters. The van der Waals surface area contributed by atoms with Crippen molar-refractivity contribution in [3.05, 3.63) is 58.6 Å². The van der Waals surface area contributed by atoms with E-state index in [-0.39, 0.29) is 16.5 Å². The molecule has 138 valence electrons. The predicted octanol–water partition coefficient (Wildman–Crippen LogP) is 4.43. The second kappa shape index (κ2) is 8.62. The Morgan fingerprint density at radius 2 is 1.88 bits per heavy atom. The van der Waals surface area contributed by atoms with Gasteiger partial charge in [0.25, 0.3) is 5.91 Å². The van der Waals surface area contributed by atoms with Crippen LogP contribution >= 0.6 is 11.6 Å². The molecule has 0 aliphatic rings. The van der Waals surface area contributed by atoms with Crippen molar-refractivity contribution in [3.8, 4) is 5.75 Å². The molecule has 0 heterocycles. The third-order valence-corrected chi connectivity index (χ3v) is 3.62. The summed E-state index contributed by atoms with van der Waals surface area (Å²) in [5.41, 5.74) is 1.47. The molecule has 0 saturated heterocycles. The molecule has 1 atom stereocenters. The molecule has 26 heavy (non-hydrogen) atoms. The molecule has 0 saturated carbocycles. The van der Waals surface area contributed by atoms with Crippen LogP contribution in [0.5, 0.6) is 5.75 Å². The van der Waals surface area contributed by atoms with E-state index in [1.807, 2.05) is 13.0 Å². The number of carbonyl (C=O) groups excluding carboxylic acids is 2. The average molecular weight is 384 g/mol. The van der Waals surface area contributed by atoms with Gasteiger partial charge in [-0.15, -0.1) is 0 Å². The highest BCUT2D eigenvalue weighted by Gasteiger charge is 2.19. The van der Waals surface area contributed by atoms with Crippen molar-refractivity contribution in [2.75, 3.05) is 5.32 Å². The number of esters is 1. The number of anilines is 1. The Kier molecular flexibility index (Phi) is 6.52. The number of benzene rings is 2. The molecule has 2 aromatic carbocycles. The molecule has 2 aromatic rings. The molecule has 1 amide bonds. The van der Waals surface area contributed by atoms with E-state index in [0.29, 0.717) is 5.56 Å². The molecule has 0 radical (unpaired) electrons. The van der Waals surface area contributed by atoms with Gasteiger partial charge in [-0.25, -0.2) is 4.79 Å². The second-order valence-electron chi connectivity index (χ2n) is 5.43. The van der Waals surface area contributed by atoms with Gasteiger partial charge in [-0.1, -0.05) is 29.3 Å². The third kappa shape index (κ3) is 5.42. The summed E-state index contributed by atoms with van der Waals surface area (Å²) >= 11 is 5.82. The van der Waals surface area contributed by atoms with Crippen LogP contribution in [0.3, 0.4) is 0 Å². The van der Waals surface area contributed by atoms with Gasteiger partial charge in [0.2, 0.25) is 0 Å². The summed E-state index contributed by atoms with van der Waals surface area (Å²) in [6.07, 6.45) is -1.07. The van der Waals surface area contributed by atoms with Crippen molar-refractivity contribution in [3.63, 3.8) is 0 Å². The Hall–Kier alpha value is -2.67. The third-order valence-electron chi connectivity index (χ3n) is 3.32. The maximum atomic E-state index is 12.2. The van der Waals surface area contributed by atoms with E-state index < -0.39 is 24.6 Å². The summed E-state index contributed by atoms with van der Waals surface area (Å²) in [4.78, 5) is 24.2. The lowest BCUT2D eigenvalue weighted by molar-refractivity contribution is -0.123. The Bertz CT molecular complexity index is 814. The average Bonchev–Trinajstić information content (AvgIpc) is 2.56. The number of ether oxygens (including phenoxy) is 2. The maximum Gasteiger partial charge on any atom is 0.387 e. The molecular formula is C18H16ClF2NO4. The fourth-order valence-electron chi connectivity index (χ4n) is 2.07. The minimum Gasteiger partial charge on any atom is -0.449 e. The highest BCUT2D eigenvalue weighted by Crippen LogP contribution is 2.29. The van der Waals surface area contributed by atoms with Crippen LogP contribution in [-0.4, -0.2) is 24.6 Å². The first-order valence-corrected chi connectivity index (χ1v) is 7.97. The van der Waals surface area contributed by atoms with Crippen molar-refractivity contribution >= 4 is 29.2 Å². The number of alkyl halides is 2. The number of halogens is 3. The SMILES string of the molecule is Cc1cccc(C(=O)OC(C)C(=O)Nc2ccc(OC(F)F)c(Cl)c2)c1. The molecule has 0 bridgehead atoms. The fraction of sp³-hybridized carbons (Fsp3) is 0.222. The summed E-state index contributed by atoms with van der Waals surface area (Å²) in [5.74, 6) is -1.43. The highest BCUT2D eigenvalue weighted by molar-refractivity contribution is 6.32. The number of rotatable bonds is 6. The first-order chi connectivity index (χ1) is 12.3. The van der Waals surface area contributed by atoms with E-state index in [0.717, 1.165) is 5.56 Å². The Morgan fingerprint density at radius 3 is 2.50 bits per heavy atom. The van der Waals surface area contributed by atoms with Gasteiger partial charge in [0.15, 0.2) is 6.10 Å². The molecule has 1 N–H and O–H groups in total. The van der Waals surface area contributed by atoms with E-state index in [4.69, 9.17) is 16.3 Å². The van der Waals surface area contributed by atoms with Crippen LogP contribution in [0.25, 0.3) is 0 Å². The lowest BCUT2D eigenvalue weighted by Gasteiger charge is -2.14. The van der Waals surface area contributed by atoms with Gasteiger partial charge in [0.05, 0.1) is 10.6 Å². The van der Waals surface area contributed by atoms with Gasteiger partial charge in [0, 0.05) is 5.69 Å². The Labute approximate surface area is 153 Å². The Morgan fingerprint density at radius 1 is 1.15 bits per heavy atom. The van der Waals surface area contributed by atoms with Crippen molar-refractivity contribution in [1.29, 1.82) is 0 Å². The number of aryl methyl sites for hydroxylation is 1. The van der Waals surface area contributed by atoms with Crippen LogP contribution in [0.4, 0.5) is 14.5 Å². The Balaban J connectivity index is 1.98. The standard InChI is InChI=1S/C18H16ClF2NO4/c1-10-4-3-5-12(8-10)17(24)25-11(2)16(23)22-13-6-7-15(14(19)9-13)26-18(20)21/h3-9,11,18H,1-2H3,(H,22,23). The van der Waals surface area contributed by atoms with Crippen LogP contribution in [0.15, 0.2) is 42.5 Å². The van der Waals surface area contributed by atoms with Gasteiger partial charge >= 0.3 is 12.6 Å². The van der Waals surface area contributed by atoms with Crippen molar-refractivity contribution in [1.82, 2.24) is 0 Å². The molecule has 0 aliphatic carbocycles. The zero-order valence-electron chi connectivity index (χ0n) is 14.0. The van der Waals surface area contributed by atoms with Gasteiger partial charge in [-0.2, -0.15) is 8.78 Å². The summed E-state index contributed by atoms with van der Waals surface area (Å²) < 4.78 is 33.7. The van der Waals surface area contributed by atoms with Gasteiger partial charge in [-0.3, -0.25) is 4.79 Å². The van der Waals surface area contributed by atoms with Gasteiger partial charge in [0.1, 0.15) is 5.75 Å².